The summed E-state index contributed by atoms with van der Waals surface area (Å²) < 4.78 is 19.3. The molecule has 0 fully saturated rings. The molecule has 3 rings (SSSR count). The van der Waals surface area contributed by atoms with E-state index in [9.17, 15) is 4.39 Å². The van der Waals surface area contributed by atoms with E-state index in [1.54, 1.807) is 12.1 Å². The number of nitrogens with two attached hydrogens (primary N) is 1. The molecule has 0 amide bonds. The molecule has 0 spiro atoms. The summed E-state index contributed by atoms with van der Waals surface area (Å²) in [6.45, 7) is 0.707. The van der Waals surface area contributed by atoms with Crippen LogP contribution in [0.1, 0.15) is 22.7 Å². The number of hydrogen-bond acceptors (Lipinski definition) is 2. The van der Waals surface area contributed by atoms with Crippen LogP contribution < -0.4 is 10.5 Å². The Balaban J connectivity index is 1.87. The van der Waals surface area contributed by atoms with E-state index in [-0.39, 0.29) is 11.9 Å². The molecule has 0 aromatic heterocycles. The number of fused-ring (bicyclic) bond motifs is 1. The summed E-state index contributed by atoms with van der Waals surface area (Å²) in [6.07, 6.45) is 1.40. The fraction of sp³-hybridized carbons (Fsp3) is 0.250. The highest BCUT2D eigenvalue weighted by Gasteiger charge is 2.20. The molecule has 2 N–H and O–H groups in total. The Labute approximate surface area is 112 Å². The van der Waals surface area contributed by atoms with Gasteiger partial charge in [0.1, 0.15) is 11.6 Å². The van der Waals surface area contributed by atoms with Gasteiger partial charge in [-0.25, -0.2) is 4.39 Å². The molecular formula is C16H16FNO. The van der Waals surface area contributed by atoms with Crippen LogP contribution in [0.15, 0.2) is 42.5 Å². The lowest BCUT2D eigenvalue weighted by Gasteiger charge is -2.16. The second-order valence-corrected chi connectivity index (χ2v) is 4.84. The molecule has 19 heavy (non-hydrogen) atoms. The molecule has 1 atom stereocenters. The van der Waals surface area contributed by atoms with Crippen LogP contribution in [0.25, 0.3) is 0 Å². The predicted molar refractivity (Wildman–Crippen MR) is 72.7 cm³/mol. The fourth-order valence-corrected chi connectivity index (χ4v) is 2.54. The van der Waals surface area contributed by atoms with Gasteiger partial charge in [0.05, 0.1) is 6.61 Å². The fourth-order valence-electron chi connectivity index (χ4n) is 2.54. The van der Waals surface area contributed by atoms with Gasteiger partial charge in [0, 0.05) is 18.0 Å². The molecule has 0 saturated carbocycles. The van der Waals surface area contributed by atoms with Gasteiger partial charge in [-0.15, -0.1) is 0 Å². The maximum absolute atomic E-state index is 13.7. The summed E-state index contributed by atoms with van der Waals surface area (Å²) in [5.41, 5.74) is 9.03. The smallest absolute Gasteiger partial charge is 0.127 e. The molecule has 1 heterocycles. The lowest BCUT2D eigenvalue weighted by molar-refractivity contribution is 0.351. The zero-order valence-corrected chi connectivity index (χ0v) is 10.6. The molecule has 0 bridgehead atoms. The van der Waals surface area contributed by atoms with Gasteiger partial charge >= 0.3 is 0 Å². The molecule has 1 aliphatic heterocycles. The van der Waals surface area contributed by atoms with Gasteiger partial charge in [-0.2, -0.15) is 0 Å². The standard InChI is InChI=1S/C16H16FNO/c17-14-7-2-1-4-12(14)10-15(18)13-6-3-5-11-8-9-19-16(11)13/h1-7,15H,8-10,18H2. The first kappa shape index (κ1) is 12.2. The highest BCUT2D eigenvalue weighted by molar-refractivity contribution is 5.46. The van der Waals surface area contributed by atoms with Gasteiger partial charge in [-0.05, 0) is 23.6 Å². The van der Waals surface area contributed by atoms with Gasteiger partial charge in [-0.1, -0.05) is 36.4 Å². The number of para-hydroxylation sites is 1. The topological polar surface area (TPSA) is 35.2 Å². The maximum atomic E-state index is 13.7. The Bertz CT molecular complexity index is 597. The summed E-state index contributed by atoms with van der Waals surface area (Å²) in [5, 5.41) is 0. The highest BCUT2D eigenvalue weighted by atomic mass is 19.1. The van der Waals surface area contributed by atoms with Crippen molar-refractivity contribution in [3.05, 3.63) is 65.0 Å². The molecule has 3 heteroatoms. The maximum Gasteiger partial charge on any atom is 0.127 e. The summed E-state index contributed by atoms with van der Waals surface area (Å²) in [7, 11) is 0. The first-order valence-corrected chi connectivity index (χ1v) is 6.49. The predicted octanol–water partition coefficient (Wildman–Crippen LogP) is 3.00. The van der Waals surface area contributed by atoms with E-state index in [0.717, 1.165) is 17.7 Å². The molecule has 2 aromatic carbocycles. The van der Waals surface area contributed by atoms with E-state index in [1.807, 2.05) is 18.2 Å². The van der Waals surface area contributed by atoms with Crippen molar-refractivity contribution in [2.45, 2.75) is 18.9 Å². The van der Waals surface area contributed by atoms with Crippen LogP contribution in [0.4, 0.5) is 4.39 Å². The summed E-state index contributed by atoms with van der Waals surface area (Å²) in [4.78, 5) is 0. The number of benzene rings is 2. The quantitative estimate of drug-likeness (QED) is 0.917. The van der Waals surface area contributed by atoms with Crippen molar-refractivity contribution in [2.75, 3.05) is 6.61 Å². The van der Waals surface area contributed by atoms with Crippen LogP contribution in [-0.2, 0) is 12.8 Å². The van der Waals surface area contributed by atoms with Crippen molar-refractivity contribution in [3.63, 3.8) is 0 Å². The zero-order valence-electron chi connectivity index (χ0n) is 10.6. The van der Waals surface area contributed by atoms with Crippen molar-refractivity contribution < 1.29 is 9.13 Å². The van der Waals surface area contributed by atoms with Crippen LogP contribution in [0.3, 0.4) is 0 Å². The largest absolute Gasteiger partial charge is 0.493 e. The molecule has 1 aliphatic rings. The minimum absolute atomic E-state index is 0.202. The summed E-state index contributed by atoms with van der Waals surface area (Å²) in [6, 6.07) is 12.5. The molecule has 0 radical (unpaired) electrons. The lowest BCUT2D eigenvalue weighted by Crippen LogP contribution is -2.15. The molecule has 2 nitrogen and oxygen atoms in total. The van der Waals surface area contributed by atoms with Crippen molar-refractivity contribution >= 4 is 0 Å². The molecular weight excluding hydrogens is 241 g/mol. The van der Waals surface area contributed by atoms with E-state index >= 15 is 0 Å². The second-order valence-electron chi connectivity index (χ2n) is 4.84. The highest BCUT2D eigenvalue weighted by Crippen LogP contribution is 2.33. The van der Waals surface area contributed by atoms with Crippen molar-refractivity contribution in [1.82, 2.24) is 0 Å². The Morgan fingerprint density at radius 1 is 1.16 bits per heavy atom. The van der Waals surface area contributed by atoms with Crippen LogP contribution in [0.5, 0.6) is 5.75 Å². The van der Waals surface area contributed by atoms with Crippen LogP contribution in [-0.4, -0.2) is 6.61 Å². The molecule has 1 unspecified atom stereocenters. The van der Waals surface area contributed by atoms with Crippen LogP contribution >= 0.6 is 0 Å². The zero-order chi connectivity index (χ0) is 13.2. The SMILES string of the molecule is NC(Cc1ccccc1F)c1cccc2c1OCC2. The van der Waals surface area contributed by atoms with Gasteiger partial charge in [0.15, 0.2) is 0 Å². The third-order valence-corrected chi connectivity index (χ3v) is 3.54. The normalized spacial score (nSPS) is 14.8. The number of ether oxygens (including phenoxy) is 1. The van der Waals surface area contributed by atoms with E-state index < -0.39 is 0 Å². The van der Waals surface area contributed by atoms with E-state index in [1.165, 1.54) is 11.6 Å². The minimum Gasteiger partial charge on any atom is -0.493 e. The monoisotopic (exact) mass is 257 g/mol. The third-order valence-electron chi connectivity index (χ3n) is 3.54. The number of rotatable bonds is 3. The first-order valence-electron chi connectivity index (χ1n) is 6.49. The first-order chi connectivity index (χ1) is 9.25. The molecule has 2 aromatic rings. The van der Waals surface area contributed by atoms with Gasteiger partial charge < -0.3 is 10.5 Å². The van der Waals surface area contributed by atoms with E-state index in [0.29, 0.717) is 18.6 Å². The number of hydrogen-bond donors (Lipinski definition) is 1. The summed E-state index contributed by atoms with van der Waals surface area (Å²) in [5.74, 6) is 0.692. The average Bonchev–Trinajstić information content (AvgIpc) is 2.89. The van der Waals surface area contributed by atoms with E-state index in [2.05, 4.69) is 6.07 Å². The Kier molecular flexibility index (Phi) is 3.22. The number of halogens is 1. The Morgan fingerprint density at radius 2 is 2.00 bits per heavy atom. The average molecular weight is 257 g/mol. The third kappa shape index (κ3) is 2.34. The lowest BCUT2D eigenvalue weighted by atomic mass is 9.96. The van der Waals surface area contributed by atoms with Gasteiger partial charge in [0.2, 0.25) is 0 Å². The van der Waals surface area contributed by atoms with Crippen molar-refractivity contribution in [1.29, 1.82) is 0 Å². The molecule has 0 saturated heterocycles. The molecule has 0 aliphatic carbocycles. The minimum atomic E-state index is -0.245. The van der Waals surface area contributed by atoms with E-state index in [4.69, 9.17) is 10.5 Å². The Hall–Kier alpha value is -1.87. The van der Waals surface area contributed by atoms with Crippen molar-refractivity contribution in [3.8, 4) is 5.75 Å². The molecule has 98 valence electrons. The van der Waals surface area contributed by atoms with Crippen LogP contribution in [0.2, 0.25) is 0 Å². The van der Waals surface area contributed by atoms with Crippen molar-refractivity contribution in [2.24, 2.45) is 5.73 Å². The second kappa shape index (κ2) is 5.02. The Morgan fingerprint density at radius 3 is 2.84 bits per heavy atom. The van der Waals surface area contributed by atoms with Gasteiger partial charge in [0.25, 0.3) is 0 Å². The van der Waals surface area contributed by atoms with Gasteiger partial charge in [-0.3, -0.25) is 0 Å². The van der Waals surface area contributed by atoms with Crippen LogP contribution in [0, 0.1) is 5.82 Å². The summed E-state index contributed by atoms with van der Waals surface area (Å²) >= 11 is 0.